The van der Waals surface area contributed by atoms with Crippen LogP contribution in [0.2, 0.25) is 0 Å². The van der Waals surface area contributed by atoms with Gasteiger partial charge in [-0.25, -0.2) is 4.79 Å². The highest BCUT2D eigenvalue weighted by molar-refractivity contribution is 5.87. The first-order valence-electron chi connectivity index (χ1n) is 5.52. The highest BCUT2D eigenvalue weighted by Gasteiger charge is 2.16. The molecule has 0 unspecified atom stereocenters. The van der Waals surface area contributed by atoms with Crippen molar-refractivity contribution in [3.8, 4) is 17.2 Å². The molecule has 6 nitrogen and oxygen atoms in total. The lowest BCUT2D eigenvalue weighted by Crippen LogP contribution is -2.24. The Hall–Kier alpha value is -2.76. The Bertz CT molecular complexity index is 719. The molecule has 3 rings (SSSR count). The predicted octanol–water partition coefficient (Wildman–Crippen LogP) is 1.26. The molecule has 1 aliphatic rings. The molecule has 0 atom stereocenters. The van der Waals surface area contributed by atoms with Gasteiger partial charge in [-0.05, 0) is 24.3 Å². The maximum Gasteiger partial charge on any atom is 0.341 e. The lowest BCUT2D eigenvalue weighted by Gasteiger charge is -2.07. The Morgan fingerprint density at radius 3 is 2.79 bits per heavy atom. The van der Waals surface area contributed by atoms with Gasteiger partial charge in [0, 0.05) is 12.3 Å². The van der Waals surface area contributed by atoms with E-state index in [9.17, 15) is 9.59 Å². The SMILES string of the molecule is O=C(O)c1cccn(-c2ccc3c(c2)OCO3)c1=O. The van der Waals surface area contributed by atoms with E-state index in [2.05, 4.69) is 0 Å². The van der Waals surface area contributed by atoms with Gasteiger partial charge < -0.3 is 14.6 Å². The van der Waals surface area contributed by atoms with Crippen molar-refractivity contribution in [1.82, 2.24) is 4.57 Å². The van der Waals surface area contributed by atoms with Crippen LogP contribution in [0.15, 0.2) is 41.3 Å². The highest BCUT2D eigenvalue weighted by atomic mass is 16.7. The summed E-state index contributed by atoms with van der Waals surface area (Å²) in [5, 5.41) is 8.93. The summed E-state index contributed by atoms with van der Waals surface area (Å²) in [6, 6.07) is 7.76. The summed E-state index contributed by atoms with van der Waals surface area (Å²) in [6.07, 6.45) is 1.51. The van der Waals surface area contributed by atoms with Gasteiger partial charge in [0.15, 0.2) is 11.5 Å². The number of carbonyl (C=O) groups is 1. The molecule has 0 saturated carbocycles. The summed E-state index contributed by atoms with van der Waals surface area (Å²) in [5.74, 6) is -0.114. The van der Waals surface area contributed by atoms with E-state index in [-0.39, 0.29) is 12.4 Å². The molecule has 0 saturated heterocycles. The fourth-order valence-corrected chi connectivity index (χ4v) is 1.90. The van der Waals surface area contributed by atoms with Gasteiger partial charge in [-0.1, -0.05) is 0 Å². The van der Waals surface area contributed by atoms with Crippen LogP contribution in [0.3, 0.4) is 0 Å². The minimum atomic E-state index is -1.25. The van der Waals surface area contributed by atoms with E-state index in [4.69, 9.17) is 14.6 Å². The Labute approximate surface area is 107 Å². The molecule has 0 bridgehead atoms. The first kappa shape index (κ1) is 11.3. The van der Waals surface area contributed by atoms with Crippen LogP contribution in [0, 0.1) is 0 Å². The van der Waals surface area contributed by atoms with Crippen molar-refractivity contribution in [2.24, 2.45) is 0 Å². The van der Waals surface area contributed by atoms with E-state index in [1.54, 1.807) is 18.2 Å². The van der Waals surface area contributed by atoms with Crippen molar-refractivity contribution in [3.05, 3.63) is 52.4 Å². The van der Waals surface area contributed by atoms with Gasteiger partial charge in [0.1, 0.15) is 5.56 Å². The van der Waals surface area contributed by atoms with Crippen molar-refractivity contribution in [3.63, 3.8) is 0 Å². The smallest absolute Gasteiger partial charge is 0.341 e. The van der Waals surface area contributed by atoms with Crippen molar-refractivity contribution in [2.75, 3.05) is 6.79 Å². The fourth-order valence-electron chi connectivity index (χ4n) is 1.90. The molecule has 1 aromatic carbocycles. The summed E-state index contributed by atoms with van der Waals surface area (Å²) in [7, 11) is 0. The molecule has 96 valence electrons. The molecule has 6 heteroatoms. The second kappa shape index (κ2) is 4.16. The normalized spacial score (nSPS) is 12.4. The third-order valence-electron chi connectivity index (χ3n) is 2.81. The average molecular weight is 259 g/mol. The third-order valence-corrected chi connectivity index (χ3v) is 2.81. The Kier molecular flexibility index (Phi) is 2.49. The molecular formula is C13H9NO5. The van der Waals surface area contributed by atoms with Crippen molar-refractivity contribution < 1.29 is 19.4 Å². The zero-order valence-corrected chi connectivity index (χ0v) is 9.70. The van der Waals surface area contributed by atoms with Gasteiger partial charge in [0.2, 0.25) is 6.79 Å². The molecule has 0 radical (unpaired) electrons. The van der Waals surface area contributed by atoms with Crippen molar-refractivity contribution in [2.45, 2.75) is 0 Å². The van der Waals surface area contributed by atoms with Crippen LogP contribution in [0.4, 0.5) is 0 Å². The molecule has 0 aliphatic carbocycles. The Morgan fingerprint density at radius 2 is 2.00 bits per heavy atom. The van der Waals surface area contributed by atoms with Gasteiger partial charge in [-0.3, -0.25) is 9.36 Å². The number of fused-ring (bicyclic) bond motifs is 1. The minimum absolute atomic E-state index is 0.142. The van der Waals surface area contributed by atoms with E-state index in [1.165, 1.54) is 22.9 Å². The number of hydrogen-bond donors (Lipinski definition) is 1. The van der Waals surface area contributed by atoms with Gasteiger partial charge >= 0.3 is 5.97 Å². The topological polar surface area (TPSA) is 77.8 Å². The van der Waals surface area contributed by atoms with Gasteiger partial charge in [-0.15, -0.1) is 0 Å². The van der Waals surface area contributed by atoms with Gasteiger partial charge in [0.25, 0.3) is 5.56 Å². The van der Waals surface area contributed by atoms with Crippen LogP contribution < -0.4 is 15.0 Å². The molecule has 0 spiro atoms. The van der Waals surface area contributed by atoms with E-state index in [0.717, 1.165) is 0 Å². The Balaban J connectivity index is 2.15. The minimum Gasteiger partial charge on any atom is -0.477 e. The zero-order chi connectivity index (χ0) is 13.4. The molecule has 19 heavy (non-hydrogen) atoms. The summed E-state index contributed by atoms with van der Waals surface area (Å²) >= 11 is 0. The quantitative estimate of drug-likeness (QED) is 0.878. The lowest BCUT2D eigenvalue weighted by atomic mass is 10.2. The fraction of sp³-hybridized carbons (Fsp3) is 0.0769. The molecule has 0 amide bonds. The number of nitrogens with zero attached hydrogens (tertiary/aromatic N) is 1. The van der Waals surface area contributed by atoms with E-state index in [1.807, 2.05) is 0 Å². The summed E-state index contributed by atoms with van der Waals surface area (Å²) in [4.78, 5) is 23.0. The number of carboxylic acid groups (broad SMARTS) is 1. The second-order valence-corrected chi connectivity index (χ2v) is 3.94. The van der Waals surface area contributed by atoms with Gasteiger partial charge in [0.05, 0.1) is 5.69 Å². The first-order valence-corrected chi connectivity index (χ1v) is 5.52. The number of aromatic nitrogens is 1. The van der Waals surface area contributed by atoms with E-state index >= 15 is 0 Å². The molecule has 2 aromatic rings. The number of carboxylic acids is 1. The highest BCUT2D eigenvalue weighted by Crippen LogP contribution is 2.33. The molecule has 1 N–H and O–H groups in total. The largest absolute Gasteiger partial charge is 0.477 e. The van der Waals surface area contributed by atoms with Crippen molar-refractivity contribution in [1.29, 1.82) is 0 Å². The molecule has 1 aliphatic heterocycles. The third kappa shape index (κ3) is 1.83. The summed E-state index contributed by atoms with van der Waals surface area (Å²) in [5.41, 5.74) is -0.341. The molecular weight excluding hydrogens is 250 g/mol. The van der Waals surface area contributed by atoms with Crippen LogP contribution in [-0.4, -0.2) is 22.4 Å². The van der Waals surface area contributed by atoms with Crippen molar-refractivity contribution >= 4 is 5.97 Å². The number of benzene rings is 1. The number of rotatable bonds is 2. The average Bonchev–Trinajstić information content (AvgIpc) is 2.85. The van der Waals surface area contributed by atoms with E-state index in [0.29, 0.717) is 17.2 Å². The molecule has 2 heterocycles. The lowest BCUT2D eigenvalue weighted by molar-refractivity contribution is 0.0694. The summed E-state index contributed by atoms with van der Waals surface area (Å²) < 4.78 is 11.7. The zero-order valence-electron chi connectivity index (χ0n) is 9.70. The molecule has 1 aromatic heterocycles. The molecule has 0 fully saturated rings. The van der Waals surface area contributed by atoms with E-state index < -0.39 is 11.5 Å². The maximum absolute atomic E-state index is 12.0. The van der Waals surface area contributed by atoms with Crippen LogP contribution in [0.1, 0.15) is 10.4 Å². The second-order valence-electron chi connectivity index (χ2n) is 3.94. The standard InChI is InChI=1S/C13H9NO5/c15-12-9(13(16)17)2-1-5-14(12)8-3-4-10-11(6-8)19-7-18-10/h1-6H,7H2,(H,16,17). The maximum atomic E-state index is 12.0. The number of ether oxygens (including phenoxy) is 2. The first-order chi connectivity index (χ1) is 9.16. The predicted molar refractivity (Wildman–Crippen MR) is 65.1 cm³/mol. The van der Waals surface area contributed by atoms with Crippen LogP contribution >= 0.6 is 0 Å². The van der Waals surface area contributed by atoms with Crippen LogP contribution in [0.25, 0.3) is 5.69 Å². The Morgan fingerprint density at radius 1 is 1.21 bits per heavy atom. The number of aromatic carboxylic acids is 1. The van der Waals surface area contributed by atoms with Crippen LogP contribution in [0.5, 0.6) is 11.5 Å². The number of pyridine rings is 1. The van der Waals surface area contributed by atoms with Crippen LogP contribution in [-0.2, 0) is 0 Å². The summed E-state index contributed by atoms with van der Waals surface area (Å²) in [6.45, 7) is 0.142. The monoisotopic (exact) mass is 259 g/mol. The number of hydrogen-bond acceptors (Lipinski definition) is 4. The van der Waals surface area contributed by atoms with Gasteiger partial charge in [-0.2, -0.15) is 0 Å².